The van der Waals surface area contributed by atoms with E-state index in [9.17, 15) is 0 Å². The lowest BCUT2D eigenvalue weighted by molar-refractivity contribution is 0.306. The van der Waals surface area contributed by atoms with Crippen LogP contribution in [-0.4, -0.2) is 0 Å². The maximum Gasteiger partial charge on any atom is 0.120 e. The molecule has 0 radical (unpaired) electrons. The van der Waals surface area contributed by atoms with Gasteiger partial charge in [-0.25, -0.2) is 0 Å². The number of fused-ring (bicyclic) bond motifs is 5. The molecular formula is C49H38O2. The number of rotatable bonds is 8. The van der Waals surface area contributed by atoms with E-state index < -0.39 is 0 Å². The molecule has 0 atom stereocenters. The fourth-order valence-corrected chi connectivity index (χ4v) is 7.56. The molecule has 0 fully saturated rings. The average molecular weight is 659 g/mol. The zero-order chi connectivity index (χ0) is 34.4. The molecule has 0 bridgehead atoms. The third-order valence-corrected chi connectivity index (χ3v) is 10.5. The summed E-state index contributed by atoms with van der Waals surface area (Å²) in [5, 5.41) is 4.77. The molecular weight excluding hydrogens is 621 g/mol. The summed E-state index contributed by atoms with van der Waals surface area (Å²) >= 11 is 0. The normalized spacial score (nSPS) is 12.8. The van der Waals surface area contributed by atoms with Gasteiger partial charge in [-0.1, -0.05) is 135 Å². The van der Waals surface area contributed by atoms with E-state index in [0.29, 0.717) is 13.2 Å². The minimum absolute atomic E-state index is 0.125. The van der Waals surface area contributed by atoms with Gasteiger partial charge in [0.15, 0.2) is 0 Å². The Labute approximate surface area is 299 Å². The molecule has 51 heavy (non-hydrogen) atoms. The first kappa shape index (κ1) is 30.9. The first-order chi connectivity index (χ1) is 25.0. The van der Waals surface area contributed by atoms with Crippen molar-refractivity contribution in [3.8, 4) is 44.9 Å². The van der Waals surface area contributed by atoms with E-state index in [0.717, 1.165) is 11.5 Å². The van der Waals surface area contributed by atoms with Crippen LogP contribution in [0.4, 0.5) is 0 Å². The summed E-state index contributed by atoms with van der Waals surface area (Å²) in [5.41, 5.74) is 12.5. The summed E-state index contributed by atoms with van der Waals surface area (Å²) < 4.78 is 12.2. The van der Waals surface area contributed by atoms with Crippen molar-refractivity contribution in [3.05, 3.63) is 192 Å². The molecule has 2 nitrogen and oxygen atoms in total. The van der Waals surface area contributed by atoms with Gasteiger partial charge in [-0.05, 0) is 126 Å². The molecule has 0 aromatic heterocycles. The monoisotopic (exact) mass is 658 g/mol. The second-order valence-corrected chi connectivity index (χ2v) is 14.1. The molecule has 0 saturated heterocycles. The Balaban J connectivity index is 0.955. The minimum Gasteiger partial charge on any atom is -0.489 e. The summed E-state index contributed by atoms with van der Waals surface area (Å²) in [7, 11) is 0. The minimum atomic E-state index is -0.125. The molecule has 0 N–H and O–H groups in total. The molecule has 0 saturated carbocycles. The summed E-state index contributed by atoms with van der Waals surface area (Å²) in [6.45, 7) is 5.85. The molecule has 9 rings (SSSR count). The second kappa shape index (κ2) is 12.6. The van der Waals surface area contributed by atoms with Crippen LogP contribution in [0.5, 0.6) is 11.5 Å². The first-order valence-corrected chi connectivity index (χ1v) is 17.7. The lowest BCUT2D eigenvalue weighted by atomic mass is 9.80. The van der Waals surface area contributed by atoms with Crippen LogP contribution in [0.2, 0.25) is 0 Å². The molecule has 0 unspecified atom stereocenters. The molecule has 246 valence electrons. The van der Waals surface area contributed by atoms with E-state index in [4.69, 9.17) is 9.47 Å². The van der Waals surface area contributed by atoms with Crippen LogP contribution in [0.1, 0.15) is 36.1 Å². The molecule has 1 aliphatic carbocycles. The number of benzene rings is 8. The molecule has 2 heteroatoms. The van der Waals surface area contributed by atoms with Gasteiger partial charge >= 0.3 is 0 Å². The number of ether oxygens (including phenoxy) is 2. The maximum atomic E-state index is 6.10. The third-order valence-electron chi connectivity index (χ3n) is 10.5. The van der Waals surface area contributed by atoms with Crippen molar-refractivity contribution in [1.29, 1.82) is 0 Å². The highest BCUT2D eigenvalue weighted by atomic mass is 16.5. The van der Waals surface area contributed by atoms with Crippen molar-refractivity contribution in [3.63, 3.8) is 0 Å². The van der Waals surface area contributed by atoms with Gasteiger partial charge in [0.1, 0.15) is 24.7 Å². The Morgan fingerprint density at radius 1 is 0.373 bits per heavy atom. The van der Waals surface area contributed by atoms with Crippen molar-refractivity contribution in [1.82, 2.24) is 0 Å². The first-order valence-electron chi connectivity index (χ1n) is 17.7. The van der Waals surface area contributed by atoms with Crippen molar-refractivity contribution in [2.45, 2.75) is 32.5 Å². The van der Waals surface area contributed by atoms with Crippen LogP contribution in [-0.2, 0) is 18.6 Å². The van der Waals surface area contributed by atoms with Crippen LogP contribution < -0.4 is 9.47 Å². The van der Waals surface area contributed by atoms with Crippen molar-refractivity contribution < 1.29 is 9.47 Å². The topological polar surface area (TPSA) is 18.5 Å². The predicted octanol–water partition coefficient (Wildman–Crippen LogP) is 12.8. The van der Waals surface area contributed by atoms with E-state index >= 15 is 0 Å². The predicted molar refractivity (Wildman–Crippen MR) is 211 cm³/mol. The smallest absolute Gasteiger partial charge is 0.120 e. The highest BCUT2D eigenvalue weighted by Crippen LogP contribution is 2.50. The fourth-order valence-electron chi connectivity index (χ4n) is 7.56. The Morgan fingerprint density at radius 2 is 0.745 bits per heavy atom. The maximum absolute atomic E-state index is 6.10. The highest BCUT2D eigenvalue weighted by Gasteiger charge is 2.35. The molecule has 0 heterocycles. The molecule has 0 amide bonds. The van der Waals surface area contributed by atoms with Gasteiger partial charge in [0.05, 0.1) is 0 Å². The molecule has 1 aliphatic rings. The Morgan fingerprint density at radius 3 is 1.20 bits per heavy atom. The van der Waals surface area contributed by atoms with Gasteiger partial charge < -0.3 is 9.47 Å². The van der Waals surface area contributed by atoms with E-state index in [1.807, 2.05) is 36.4 Å². The summed E-state index contributed by atoms with van der Waals surface area (Å²) in [5.74, 6) is 1.77. The van der Waals surface area contributed by atoms with Crippen molar-refractivity contribution in [2.75, 3.05) is 0 Å². The Hall–Kier alpha value is -6.12. The SMILES string of the molecule is CC1(C)c2cc(-c3ccc4cc(OCc5ccccc5)ccc4c3)ccc2-c2ccc(-c3ccc4cc(OCc5ccccc5)ccc4c3)cc21. The van der Waals surface area contributed by atoms with E-state index in [1.165, 1.54) is 77.2 Å². The van der Waals surface area contributed by atoms with E-state index in [1.54, 1.807) is 0 Å². The van der Waals surface area contributed by atoms with Crippen LogP contribution in [0.15, 0.2) is 170 Å². The second-order valence-electron chi connectivity index (χ2n) is 14.1. The summed E-state index contributed by atoms with van der Waals surface area (Å²) in [6, 6.07) is 60.8. The number of hydrogen-bond acceptors (Lipinski definition) is 2. The number of hydrogen-bond donors (Lipinski definition) is 0. The fraction of sp³-hybridized carbons (Fsp3) is 0.102. The van der Waals surface area contributed by atoms with Crippen molar-refractivity contribution >= 4 is 21.5 Å². The standard InChI is InChI=1S/C49H38O2/c1-49(2)47-29-41(35-13-15-39-27-43(21-17-37(39)25-35)50-31-33-9-5-3-6-10-33)19-23-45(47)46-24-20-42(30-48(46)49)36-14-16-40-28-44(22-18-38(40)26-36)51-32-34-11-7-4-8-12-34/h3-30H,31-32H2,1-2H3. The third kappa shape index (κ3) is 5.93. The molecule has 8 aromatic carbocycles. The summed E-state index contributed by atoms with van der Waals surface area (Å²) in [4.78, 5) is 0. The molecule has 0 spiro atoms. The Bertz CT molecular complexity index is 2370. The van der Waals surface area contributed by atoms with Gasteiger partial charge in [-0.3, -0.25) is 0 Å². The lowest BCUT2D eigenvalue weighted by Crippen LogP contribution is -2.15. The largest absolute Gasteiger partial charge is 0.489 e. The zero-order valence-corrected chi connectivity index (χ0v) is 28.9. The van der Waals surface area contributed by atoms with E-state index in [-0.39, 0.29) is 5.41 Å². The quantitative estimate of drug-likeness (QED) is 0.162. The zero-order valence-electron chi connectivity index (χ0n) is 28.9. The van der Waals surface area contributed by atoms with Gasteiger partial charge in [-0.2, -0.15) is 0 Å². The van der Waals surface area contributed by atoms with Crippen LogP contribution in [0.3, 0.4) is 0 Å². The van der Waals surface area contributed by atoms with Gasteiger partial charge in [0.2, 0.25) is 0 Å². The van der Waals surface area contributed by atoms with Gasteiger partial charge in [0, 0.05) is 5.41 Å². The van der Waals surface area contributed by atoms with E-state index in [2.05, 4.69) is 147 Å². The highest BCUT2D eigenvalue weighted by molar-refractivity contribution is 5.92. The van der Waals surface area contributed by atoms with Crippen LogP contribution in [0, 0.1) is 0 Å². The average Bonchev–Trinajstić information content (AvgIpc) is 3.41. The van der Waals surface area contributed by atoms with Crippen LogP contribution >= 0.6 is 0 Å². The molecule has 8 aromatic rings. The summed E-state index contributed by atoms with van der Waals surface area (Å²) in [6.07, 6.45) is 0. The van der Waals surface area contributed by atoms with Crippen molar-refractivity contribution in [2.24, 2.45) is 0 Å². The van der Waals surface area contributed by atoms with Gasteiger partial charge in [-0.15, -0.1) is 0 Å². The van der Waals surface area contributed by atoms with Gasteiger partial charge in [0.25, 0.3) is 0 Å². The lowest BCUT2D eigenvalue weighted by Gasteiger charge is -2.23. The van der Waals surface area contributed by atoms with Crippen LogP contribution in [0.25, 0.3) is 54.9 Å². The Kier molecular flexibility index (Phi) is 7.66. The molecule has 0 aliphatic heterocycles.